The highest BCUT2D eigenvalue weighted by atomic mass is 16.6. The van der Waals surface area contributed by atoms with Crippen LogP contribution in [0.25, 0.3) is 6.08 Å². The van der Waals surface area contributed by atoms with E-state index >= 15 is 0 Å². The van der Waals surface area contributed by atoms with Gasteiger partial charge in [0.05, 0.1) is 13.0 Å². The van der Waals surface area contributed by atoms with Crippen LogP contribution >= 0.6 is 0 Å². The van der Waals surface area contributed by atoms with E-state index in [0.717, 1.165) is 12.0 Å². The second-order valence-corrected chi connectivity index (χ2v) is 4.80. The quantitative estimate of drug-likeness (QED) is 0.571. The third-order valence-electron chi connectivity index (χ3n) is 3.18. The zero-order valence-electron chi connectivity index (χ0n) is 12.7. The molecule has 21 heavy (non-hydrogen) atoms. The summed E-state index contributed by atoms with van der Waals surface area (Å²) in [6.45, 7) is 3.69. The molecule has 0 aliphatic heterocycles. The molecule has 1 aromatic rings. The average molecular weight is 290 g/mol. The van der Waals surface area contributed by atoms with Gasteiger partial charge in [-0.2, -0.15) is 0 Å². The Balaban J connectivity index is 2.59. The first kappa shape index (κ1) is 17.0. The molecule has 0 spiro atoms. The lowest BCUT2D eigenvalue weighted by atomic mass is 9.98. The first-order chi connectivity index (χ1) is 10.1. The predicted octanol–water partition coefficient (Wildman–Crippen LogP) is 3.22. The van der Waals surface area contributed by atoms with Crippen molar-refractivity contribution in [1.29, 1.82) is 0 Å². The summed E-state index contributed by atoms with van der Waals surface area (Å²) in [6, 6.07) is 9.47. The number of methoxy groups -OCH3 is 1. The Morgan fingerprint density at radius 2 is 1.90 bits per heavy atom. The smallest absolute Gasteiger partial charge is 0.331 e. The Kier molecular flexibility index (Phi) is 7.23. The molecule has 4 nitrogen and oxygen atoms in total. The van der Waals surface area contributed by atoms with Crippen LogP contribution in [0.15, 0.2) is 36.4 Å². The highest BCUT2D eigenvalue weighted by Gasteiger charge is 2.27. The van der Waals surface area contributed by atoms with Gasteiger partial charge in [-0.05, 0) is 25.0 Å². The molecule has 2 unspecified atom stereocenters. The van der Waals surface area contributed by atoms with Gasteiger partial charge < -0.3 is 9.47 Å². The molecular weight excluding hydrogens is 268 g/mol. The minimum Gasteiger partial charge on any atom is -0.469 e. The summed E-state index contributed by atoms with van der Waals surface area (Å²) in [4.78, 5) is 23.5. The molecule has 114 valence electrons. The van der Waals surface area contributed by atoms with E-state index in [9.17, 15) is 9.59 Å². The Labute approximate surface area is 125 Å². The lowest BCUT2D eigenvalue weighted by Gasteiger charge is -2.20. The highest BCUT2D eigenvalue weighted by Crippen LogP contribution is 2.16. The Bertz CT molecular complexity index is 479. The molecule has 0 heterocycles. The molecule has 0 amide bonds. The van der Waals surface area contributed by atoms with E-state index in [1.165, 1.54) is 13.2 Å². The van der Waals surface area contributed by atoms with Crippen LogP contribution in [0, 0.1) is 5.92 Å². The van der Waals surface area contributed by atoms with Crippen molar-refractivity contribution in [3.63, 3.8) is 0 Å². The van der Waals surface area contributed by atoms with Crippen LogP contribution in [0.5, 0.6) is 0 Å². The second-order valence-electron chi connectivity index (χ2n) is 4.80. The number of carbonyl (C=O) groups excluding carboxylic acids is 2. The summed E-state index contributed by atoms with van der Waals surface area (Å²) in [5, 5.41) is 0. The SMILES string of the molecule is CCCC(C(=O)OC)C(C)OC(=O)C=Cc1ccccc1. The van der Waals surface area contributed by atoms with E-state index in [1.807, 2.05) is 37.3 Å². The highest BCUT2D eigenvalue weighted by molar-refractivity contribution is 5.87. The largest absolute Gasteiger partial charge is 0.469 e. The van der Waals surface area contributed by atoms with Gasteiger partial charge in [-0.15, -0.1) is 0 Å². The van der Waals surface area contributed by atoms with Crippen LogP contribution in [0.4, 0.5) is 0 Å². The molecule has 0 radical (unpaired) electrons. The maximum Gasteiger partial charge on any atom is 0.331 e. The van der Waals surface area contributed by atoms with Gasteiger partial charge in [-0.1, -0.05) is 43.7 Å². The fourth-order valence-corrected chi connectivity index (χ4v) is 2.04. The van der Waals surface area contributed by atoms with Crippen LogP contribution in [-0.4, -0.2) is 25.2 Å². The van der Waals surface area contributed by atoms with E-state index < -0.39 is 18.0 Å². The number of benzene rings is 1. The normalized spacial score (nSPS) is 13.7. The standard InChI is InChI=1S/C17H22O4/c1-4-8-15(17(19)20-3)13(2)21-16(18)12-11-14-9-6-5-7-10-14/h5-7,9-13,15H,4,8H2,1-3H3. The summed E-state index contributed by atoms with van der Waals surface area (Å²) in [5.74, 6) is -1.23. The van der Waals surface area contributed by atoms with Crippen LogP contribution < -0.4 is 0 Å². The molecule has 0 aliphatic carbocycles. The number of esters is 2. The first-order valence-corrected chi connectivity index (χ1v) is 7.10. The summed E-state index contributed by atoms with van der Waals surface area (Å²) in [5.41, 5.74) is 0.917. The second kappa shape index (κ2) is 8.95. The fraction of sp³-hybridized carbons (Fsp3) is 0.412. The first-order valence-electron chi connectivity index (χ1n) is 7.10. The summed E-state index contributed by atoms with van der Waals surface area (Å²) in [6.07, 6.45) is 3.99. The van der Waals surface area contributed by atoms with Crippen LogP contribution in [0.3, 0.4) is 0 Å². The Morgan fingerprint density at radius 3 is 2.48 bits per heavy atom. The molecule has 1 aromatic carbocycles. The molecule has 4 heteroatoms. The zero-order valence-corrected chi connectivity index (χ0v) is 12.7. The van der Waals surface area contributed by atoms with Crippen molar-refractivity contribution in [3.8, 4) is 0 Å². The van der Waals surface area contributed by atoms with E-state index in [4.69, 9.17) is 9.47 Å². The Hall–Kier alpha value is -2.10. The molecule has 0 N–H and O–H groups in total. The van der Waals surface area contributed by atoms with E-state index in [0.29, 0.717) is 6.42 Å². The maximum atomic E-state index is 11.8. The molecule has 0 aromatic heterocycles. The molecule has 0 saturated heterocycles. The third kappa shape index (κ3) is 5.81. The molecule has 1 rings (SSSR count). The van der Waals surface area contributed by atoms with Crippen molar-refractivity contribution < 1.29 is 19.1 Å². The van der Waals surface area contributed by atoms with Gasteiger partial charge in [-0.25, -0.2) is 4.79 Å². The maximum absolute atomic E-state index is 11.8. The van der Waals surface area contributed by atoms with Gasteiger partial charge >= 0.3 is 11.9 Å². The predicted molar refractivity (Wildman–Crippen MR) is 81.4 cm³/mol. The summed E-state index contributed by atoms with van der Waals surface area (Å²) < 4.78 is 10.0. The zero-order chi connectivity index (χ0) is 15.7. The van der Waals surface area contributed by atoms with Gasteiger partial charge in [0.25, 0.3) is 0 Å². The number of hydrogen-bond donors (Lipinski definition) is 0. The minimum absolute atomic E-state index is 0.343. The minimum atomic E-state index is -0.509. The van der Waals surface area contributed by atoms with E-state index in [2.05, 4.69) is 0 Å². The lowest BCUT2D eigenvalue weighted by Crippen LogP contribution is -2.30. The Morgan fingerprint density at radius 1 is 1.24 bits per heavy atom. The number of ether oxygens (including phenoxy) is 2. The topological polar surface area (TPSA) is 52.6 Å². The van der Waals surface area contributed by atoms with Crippen molar-refractivity contribution in [2.75, 3.05) is 7.11 Å². The number of hydrogen-bond acceptors (Lipinski definition) is 4. The van der Waals surface area contributed by atoms with Gasteiger partial charge in [0.15, 0.2) is 0 Å². The van der Waals surface area contributed by atoms with Crippen LogP contribution in [-0.2, 0) is 19.1 Å². The molecule has 0 fully saturated rings. The van der Waals surface area contributed by atoms with E-state index in [-0.39, 0.29) is 5.97 Å². The van der Waals surface area contributed by atoms with Gasteiger partial charge in [-0.3, -0.25) is 4.79 Å². The van der Waals surface area contributed by atoms with Crippen molar-refractivity contribution in [3.05, 3.63) is 42.0 Å². The lowest BCUT2D eigenvalue weighted by molar-refractivity contribution is -0.156. The fourth-order valence-electron chi connectivity index (χ4n) is 2.04. The van der Waals surface area contributed by atoms with Crippen LogP contribution in [0.2, 0.25) is 0 Å². The third-order valence-corrected chi connectivity index (χ3v) is 3.18. The van der Waals surface area contributed by atoms with Gasteiger partial charge in [0, 0.05) is 6.08 Å². The van der Waals surface area contributed by atoms with Gasteiger partial charge in [0.1, 0.15) is 6.10 Å². The van der Waals surface area contributed by atoms with E-state index in [1.54, 1.807) is 13.0 Å². The molecule has 2 atom stereocenters. The average Bonchev–Trinajstić information content (AvgIpc) is 2.50. The molecule has 0 saturated carbocycles. The molecule has 0 bridgehead atoms. The van der Waals surface area contributed by atoms with Gasteiger partial charge in [0.2, 0.25) is 0 Å². The summed E-state index contributed by atoms with van der Waals surface area (Å²) >= 11 is 0. The monoisotopic (exact) mass is 290 g/mol. The van der Waals surface area contributed by atoms with Crippen LogP contribution in [0.1, 0.15) is 32.3 Å². The number of carbonyl (C=O) groups is 2. The summed E-state index contributed by atoms with van der Waals surface area (Å²) in [7, 11) is 1.34. The van der Waals surface area contributed by atoms with Crippen molar-refractivity contribution in [1.82, 2.24) is 0 Å². The number of rotatable bonds is 7. The molecular formula is C17H22O4. The van der Waals surface area contributed by atoms with Crippen molar-refractivity contribution in [2.24, 2.45) is 5.92 Å². The molecule has 0 aliphatic rings. The van der Waals surface area contributed by atoms with Crippen molar-refractivity contribution >= 4 is 18.0 Å². The van der Waals surface area contributed by atoms with Crippen molar-refractivity contribution in [2.45, 2.75) is 32.8 Å².